The van der Waals surface area contributed by atoms with E-state index in [2.05, 4.69) is 16.5 Å². The lowest BCUT2D eigenvalue weighted by molar-refractivity contribution is 0.0679. The molecule has 0 unspecified atom stereocenters. The lowest BCUT2D eigenvalue weighted by Crippen LogP contribution is -2.39. The van der Waals surface area contributed by atoms with Gasteiger partial charge >= 0.3 is 0 Å². The Bertz CT molecular complexity index is 757. The standard InChI is InChI=1S/C20H27N3O3/c1-14-12-21-15(2)23(14)13-16-7-9-22(10-8-16)20(24)18-6-5-17(25-3)11-19(18)26-4/h5-6,11-12,16H,7-10,13H2,1-4H3. The Balaban J connectivity index is 1.64. The Morgan fingerprint density at radius 2 is 1.92 bits per heavy atom. The number of hydrogen-bond donors (Lipinski definition) is 0. The van der Waals surface area contributed by atoms with E-state index in [1.165, 1.54) is 5.69 Å². The van der Waals surface area contributed by atoms with E-state index in [9.17, 15) is 4.79 Å². The zero-order valence-electron chi connectivity index (χ0n) is 16.0. The van der Waals surface area contributed by atoms with Crippen molar-refractivity contribution >= 4 is 5.91 Å². The number of imidazole rings is 1. The van der Waals surface area contributed by atoms with E-state index in [-0.39, 0.29) is 5.91 Å². The van der Waals surface area contributed by atoms with Crippen molar-refractivity contribution in [2.45, 2.75) is 33.2 Å². The van der Waals surface area contributed by atoms with Crippen molar-refractivity contribution in [1.29, 1.82) is 0 Å². The number of amides is 1. The van der Waals surface area contributed by atoms with Crippen molar-refractivity contribution in [3.63, 3.8) is 0 Å². The number of carbonyl (C=O) groups excluding carboxylic acids is 1. The number of aromatic nitrogens is 2. The van der Waals surface area contributed by atoms with E-state index in [1.54, 1.807) is 32.4 Å². The third kappa shape index (κ3) is 3.69. The molecule has 0 N–H and O–H groups in total. The molecular formula is C20H27N3O3. The van der Waals surface area contributed by atoms with Gasteiger partial charge in [-0.3, -0.25) is 4.79 Å². The highest BCUT2D eigenvalue weighted by Gasteiger charge is 2.26. The molecule has 0 bridgehead atoms. The van der Waals surface area contributed by atoms with Gasteiger partial charge < -0.3 is 18.9 Å². The number of ether oxygens (including phenoxy) is 2. The van der Waals surface area contributed by atoms with Gasteiger partial charge in [-0.2, -0.15) is 0 Å². The Hall–Kier alpha value is -2.50. The lowest BCUT2D eigenvalue weighted by atomic mass is 9.96. The second kappa shape index (κ2) is 7.81. The summed E-state index contributed by atoms with van der Waals surface area (Å²) in [7, 11) is 3.18. The number of nitrogens with zero attached hydrogens (tertiary/aromatic N) is 3. The van der Waals surface area contributed by atoms with Gasteiger partial charge in [-0.1, -0.05) is 0 Å². The first kappa shape index (κ1) is 18.3. The first-order valence-electron chi connectivity index (χ1n) is 9.03. The Morgan fingerprint density at radius 1 is 1.19 bits per heavy atom. The van der Waals surface area contributed by atoms with Gasteiger partial charge in [0.2, 0.25) is 0 Å². The molecule has 1 aromatic carbocycles. The summed E-state index contributed by atoms with van der Waals surface area (Å²) in [6, 6.07) is 5.34. The molecule has 0 atom stereocenters. The molecule has 1 aromatic heterocycles. The van der Waals surface area contributed by atoms with Gasteiger partial charge in [-0.05, 0) is 44.7 Å². The molecular weight excluding hydrogens is 330 g/mol. The molecule has 6 nitrogen and oxygen atoms in total. The topological polar surface area (TPSA) is 56.6 Å². The normalized spacial score (nSPS) is 15.2. The summed E-state index contributed by atoms with van der Waals surface area (Å²) in [5, 5.41) is 0. The Labute approximate surface area is 154 Å². The van der Waals surface area contributed by atoms with Crippen LogP contribution in [0.3, 0.4) is 0 Å². The molecule has 140 valence electrons. The molecule has 26 heavy (non-hydrogen) atoms. The number of benzene rings is 1. The van der Waals surface area contributed by atoms with Crippen LogP contribution in [0.25, 0.3) is 0 Å². The molecule has 1 aliphatic rings. The average Bonchev–Trinajstić information content (AvgIpc) is 2.99. The second-order valence-corrected chi connectivity index (χ2v) is 6.86. The van der Waals surface area contributed by atoms with Gasteiger partial charge in [0.25, 0.3) is 5.91 Å². The van der Waals surface area contributed by atoms with Crippen LogP contribution in [-0.2, 0) is 6.54 Å². The predicted octanol–water partition coefficient (Wildman–Crippen LogP) is 3.07. The summed E-state index contributed by atoms with van der Waals surface area (Å²) in [6.07, 6.45) is 3.92. The second-order valence-electron chi connectivity index (χ2n) is 6.86. The van der Waals surface area contributed by atoms with Gasteiger partial charge in [-0.25, -0.2) is 4.98 Å². The lowest BCUT2D eigenvalue weighted by Gasteiger charge is -2.33. The number of rotatable bonds is 5. The number of hydrogen-bond acceptors (Lipinski definition) is 4. The van der Waals surface area contributed by atoms with E-state index < -0.39 is 0 Å². The van der Waals surface area contributed by atoms with E-state index in [0.717, 1.165) is 38.3 Å². The number of carbonyl (C=O) groups is 1. The van der Waals surface area contributed by atoms with Gasteiger partial charge in [0.15, 0.2) is 0 Å². The molecule has 3 rings (SSSR count). The molecule has 1 fully saturated rings. The van der Waals surface area contributed by atoms with Crippen LogP contribution in [-0.4, -0.2) is 47.7 Å². The molecule has 2 heterocycles. The van der Waals surface area contributed by atoms with Crippen LogP contribution < -0.4 is 9.47 Å². The van der Waals surface area contributed by atoms with E-state index in [0.29, 0.717) is 23.0 Å². The fourth-order valence-corrected chi connectivity index (χ4v) is 3.58. The third-order valence-electron chi connectivity index (χ3n) is 5.24. The number of piperidine rings is 1. The minimum atomic E-state index is 0.0259. The number of aryl methyl sites for hydroxylation is 2. The number of likely N-dealkylation sites (tertiary alicyclic amines) is 1. The first-order chi connectivity index (χ1) is 12.5. The summed E-state index contributed by atoms with van der Waals surface area (Å²) >= 11 is 0. The molecule has 1 saturated heterocycles. The highest BCUT2D eigenvalue weighted by atomic mass is 16.5. The van der Waals surface area contributed by atoms with Gasteiger partial charge in [0, 0.05) is 37.6 Å². The van der Waals surface area contributed by atoms with Crippen LogP contribution in [0.15, 0.2) is 24.4 Å². The van der Waals surface area contributed by atoms with E-state index in [4.69, 9.17) is 9.47 Å². The fourth-order valence-electron chi connectivity index (χ4n) is 3.58. The van der Waals surface area contributed by atoms with Crippen LogP contribution in [0, 0.1) is 19.8 Å². The maximum Gasteiger partial charge on any atom is 0.257 e. The zero-order chi connectivity index (χ0) is 18.7. The maximum absolute atomic E-state index is 12.9. The summed E-state index contributed by atoms with van der Waals surface area (Å²) in [5.41, 5.74) is 1.79. The number of methoxy groups -OCH3 is 2. The van der Waals surface area contributed by atoms with Crippen LogP contribution in [0.5, 0.6) is 11.5 Å². The minimum Gasteiger partial charge on any atom is -0.497 e. The largest absolute Gasteiger partial charge is 0.497 e. The summed E-state index contributed by atoms with van der Waals surface area (Å²) in [5.74, 6) is 2.90. The molecule has 0 aliphatic carbocycles. The van der Waals surface area contributed by atoms with Crippen molar-refractivity contribution in [2.75, 3.05) is 27.3 Å². The van der Waals surface area contributed by atoms with Crippen molar-refractivity contribution < 1.29 is 14.3 Å². The molecule has 1 aliphatic heterocycles. The van der Waals surface area contributed by atoms with Gasteiger partial charge in [0.1, 0.15) is 17.3 Å². The molecule has 0 saturated carbocycles. The van der Waals surface area contributed by atoms with Crippen LogP contribution >= 0.6 is 0 Å². The van der Waals surface area contributed by atoms with Crippen molar-refractivity contribution in [3.05, 3.63) is 41.5 Å². The molecule has 6 heteroatoms. The van der Waals surface area contributed by atoms with Gasteiger partial charge in [-0.15, -0.1) is 0 Å². The molecule has 2 aromatic rings. The first-order valence-corrected chi connectivity index (χ1v) is 9.03. The Morgan fingerprint density at radius 3 is 2.50 bits per heavy atom. The highest BCUT2D eigenvalue weighted by molar-refractivity contribution is 5.97. The molecule has 1 amide bonds. The molecule has 0 radical (unpaired) electrons. The van der Waals surface area contributed by atoms with Crippen LogP contribution in [0.2, 0.25) is 0 Å². The third-order valence-corrected chi connectivity index (χ3v) is 5.24. The van der Waals surface area contributed by atoms with E-state index >= 15 is 0 Å². The van der Waals surface area contributed by atoms with Gasteiger partial charge in [0.05, 0.1) is 19.8 Å². The molecule has 0 spiro atoms. The summed E-state index contributed by atoms with van der Waals surface area (Å²) in [6.45, 7) is 6.65. The fraction of sp³-hybridized carbons (Fsp3) is 0.500. The van der Waals surface area contributed by atoms with Crippen LogP contribution in [0.1, 0.15) is 34.7 Å². The zero-order valence-corrected chi connectivity index (χ0v) is 16.0. The van der Waals surface area contributed by atoms with Crippen molar-refractivity contribution in [1.82, 2.24) is 14.5 Å². The summed E-state index contributed by atoms with van der Waals surface area (Å²) in [4.78, 5) is 19.2. The predicted molar refractivity (Wildman–Crippen MR) is 99.9 cm³/mol. The van der Waals surface area contributed by atoms with E-state index in [1.807, 2.05) is 18.0 Å². The monoisotopic (exact) mass is 357 g/mol. The smallest absolute Gasteiger partial charge is 0.257 e. The van der Waals surface area contributed by atoms with Crippen molar-refractivity contribution in [3.8, 4) is 11.5 Å². The minimum absolute atomic E-state index is 0.0259. The highest BCUT2D eigenvalue weighted by Crippen LogP contribution is 2.28. The average molecular weight is 357 g/mol. The van der Waals surface area contributed by atoms with Crippen molar-refractivity contribution in [2.24, 2.45) is 5.92 Å². The maximum atomic E-state index is 12.9. The van der Waals surface area contributed by atoms with Crippen LogP contribution in [0.4, 0.5) is 0 Å². The SMILES string of the molecule is COc1ccc(C(=O)N2CCC(Cn3c(C)cnc3C)CC2)c(OC)c1. The quantitative estimate of drug-likeness (QED) is 0.825. The Kier molecular flexibility index (Phi) is 5.49. The summed E-state index contributed by atoms with van der Waals surface area (Å²) < 4.78 is 12.9.